The predicted octanol–water partition coefficient (Wildman–Crippen LogP) is 3.98. The number of aromatic nitrogens is 2. The third-order valence-electron chi connectivity index (χ3n) is 4.25. The summed E-state index contributed by atoms with van der Waals surface area (Å²) >= 11 is 0. The molecule has 1 heterocycles. The molecular weight excluding hydrogens is 342 g/mol. The number of nitrogens with one attached hydrogen (secondary N) is 1. The zero-order valence-corrected chi connectivity index (χ0v) is 14.2. The molecule has 0 aliphatic rings. The third-order valence-corrected chi connectivity index (χ3v) is 4.25. The number of carbonyl (C=O) groups excluding carboxylic acids is 1. The molecule has 0 saturated heterocycles. The van der Waals surface area contributed by atoms with Crippen LogP contribution in [0.1, 0.15) is 20.7 Å². The number of carboxylic acid groups (broad SMARTS) is 1. The van der Waals surface area contributed by atoms with Crippen molar-refractivity contribution in [1.82, 2.24) is 9.55 Å². The number of carbonyl (C=O) groups is 2. The summed E-state index contributed by atoms with van der Waals surface area (Å²) in [5.74, 6) is -1.29. The molecule has 1 aromatic heterocycles. The van der Waals surface area contributed by atoms with Gasteiger partial charge in [-0.05, 0) is 48.5 Å². The van der Waals surface area contributed by atoms with Crippen LogP contribution in [-0.4, -0.2) is 26.5 Å². The number of imidazole rings is 1. The summed E-state index contributed by atoms with van der Waals surface area (Å²) in [7, 11) is 0. The number of aromatic carboxylic acids is 1. The van der Waals surface area contributed by atoms with Crippen LogP contribution in [0.25, 0.3) is 16.7 Å². The maximum atomic E-state index is 12.8. The molecule has 6 heteroatoms. The van der Waals surface area contributed by atoms with Crippen molar-refractivity contribution in [2.24, 2.45) is 0 Å². The summed E-state index contributed by atoms with van der Waals surface area (Å²) in [6, 6.07) is 21.0. The maximum absolute atomic E-state index is 12.8. The second kappa shape index (κ2) is 6.76. The Morgan fingerprint density at radius 2 is 1.59 bits per heavy atom. The minimum absolute atomic E-state index is 0.165. The van der Waals surface area contributed by atoms with Crippen molar-refractivity contribution < 1.29 is 14.7 Å². The van der Waals surface area contributed by atoms with Crippen molar-refractivity contribution in [2.75, 3.05) is 5.32 Å². The number of hydrogen-bond donors (Lipinski definition) is 2. The molecule has 0 radical (unpaired) electrons. The normalized spacial score (nSPS) is 10.7. The van der Waals surface area contributed by atoms with E-state index in [0.29, 0.717) is 16.9 Å². The molecule has 3 aromatic carbocycles. The van der Waals surface area contributed by atoms with Gasteiger partial charge in [0.05, 0.1) is 27.8 Å². The minimum Gasteiger partial charge on any atom is -0.478 e. The quantitative estimate of drug-likeness (QED) is 0.579. The van der Waals surface area contributed by atoms with Crippen molar-refractivity contribution in [3.8, 4) is 5.69 Å². The van der Waals surface area contributed by atoms with Crippen LogP contribution < -0.4 is 5.32 Å². The molecule has 0 aliphatic heterocycles. The first-order valence-corrected chi connectivity index (χ1v) is 8.30. The number of para-hydroxylation sites is 3. The summed E-state index contributed by atoms with van der Waals surface area (Å²) in [5, 5.41) is 11.8. The maximum Gasteiger partial charge on any atom is 0.335 e. The molecule has 0 atom stereocenters. The van der Waals surface area contributed by atoms with Gasteiger partial charge in [0.15, 0.2) is 0 Å². The Kier molecular flexibility index (Phi) is 4.14. The smallest absolute Gasteiger partial charge is 0.335 e. The molecule has 0 fully saturated rings. The molecule has 0 bridgehead atoms. The van der Waals surface area contributed by atoms with E-state index in [9.17, 15) is 9.59 Å². The summed E-state index contributed by atoms with van der Waals surface area (Å²) in [4.78, 5) is 28.1. The Labute approximate surface area is 154 Å². The summed E-state index contributed by atoms with van der Waals surface area (Å²) in [6.07, 6.45) is 1.69. The van der Waals surface area contributed by atoms with Gasteiger partial charge in [-0.15, -0.1) is 0 Å². The number of rotatable bonds is 4. The fourth-order valence-electron chi connectivity index (χ4n) is 2.92. The van der Waals surface area contributed by atoms with Crippen LogP contribution in [0.4, 0.5) is 5.69 Å². The number of nitrogens with zero attached hydrogens (tertiary/aromatic N) is 2. The highest BCUT2D eigenvalue weighted by Crippen LogP contribution is 2.22. The molecule has 0 aliphatic carbocycles. The third kappa shape index (κ3) is 3.16. The molecule has 0 spiro atoms. The Hall–Kier alpha value is -3.93. The first kappa shape index (κ1) is 16.5. The summed E-state index contributed by atoms with van der Waals surface area (Å²) < 4.78 is 1.87. The molecule has 6 nitrogen and oxygen atoms in total. The van der Waals surface area contributed by atoms with Crippen LogP contribution in [0.3, 0.4) is 0 Å². The van der Waals surface area contributed by atoms with E-state index >= 15 is 0 Å². The SMILES string of the molecule is O=C(O)c1ccc(NC(=O)c2ccccc2-n2cnc3ccccc32)cc1. The first-order valence-electron chi connectivity index (χ1n) is 8.30. The van der Waals surface area contributed by atoms with Crippen molar-refractivity contribution in [3.63, 3.8) is 0 Å². The zero-order valence-electron chi connectivity index (χ0n) is 14.2. The highest BCUT2D eigenvalue weighted by atomic mass is 16.4. The average Bonchev–Trinajstić information content (AvgIpc) is 3.12. The van der Waals surface area contributed by atoms with Gasteiger partial charge in [0.1, 0.15) is 6.33 Å². The van der Waals surface area contributed by atoms with Crippen LogP contribution in [0.2, 0.25) is 0 Å². The molecular formula is C21H15N3O3. The van der Waals surface area contributed by atoms with Gasteiger partial charge in [0, 0.05) is 5.69 Å². The fraction of sp³-hybridized carbons (Fsp3) is 0. The minimum atomic E-state index is -1.01. The van der Waals surface area contributed by atoms with E-state index in [0.717, 1.165) is 11.0 Å². The van der Waals surface area contributed by atoms with E-state index < -0.39 is 5.97 Å². The van der Waals surface area contributed by atoms with E-state index in [4.69, 9.17) is 5.11 Å². The van der Waals surface area contributed by atoms with E-state index in [2.05, 4.69) is 10.3 Å². The summed E-state index contributed by atoms with van der Waals surface area (Å²) in [6.45, 7) is 0. The lowest BCUT2D eigenvalue weighted by atomic mass is 10.1. The van der Waals surface area contributed by atoms with Gasteiger partial charge in [0.2, 0.25) is 0 Å². The Balaban J connectivity index is 1.68. The number of fused-ring (bicyclic) bond motifs is 1. The standard InChI is InChI=1S/C21H15N3O3/c25-20(23-15-11-9-14(10-12-15)21(26)27)16-5-1-3-7-18(16)24-13-22-17-6-2-4-8-19(17)24/h1-13H,(H,23,25)(H,26,27). The van der Waals surface area contributed by atoms with E-state index in [1.165, 1.54) is 12.1 Å². The molecule has 0 unspecified atom stereocenters. The molecule has 1 amide bonds. The number of anilines is 1. The topological polar surface area (TPSA) is 84.2 Å². The molecule has 132 valence electrons. The lowest BCUT2D eigenvalue weighted by Crippen LogP contribution is -2.15. The fourth-order valence-corrected chi connectivity index (χ4v) is 2.92. The highest BCUT2D eigenvalue weighted by Gasteiger charge is 2.14. The van der Waals surface area contributed by atoms with Gasteiger partial charge in [-0.25, -0.2) is 9.78 Å². The highest BCUT2D eigenvalue weighted by molar-refractivity contribution is 6.07. The zero-order chi connectivity index (χ0) is 18.8. The predicted molar refractivity (Wildman–Crippen MR) is 102 cm³/mol. The molecule has 4 rings (SSSR count). The van der Waals surface area contributed by atoms with Crippen molar-refractivity contribution in [1.29, 1.82) is 0 Å². The molecule has 27 heavy (non-hydrogen) atoms. The van der Waals surface area contributed by atoms with Gasteiger partial charge < -0.3 is 10.4 Å². The van der Waals surface area contributed by atoms with Crippen LogP contribution in [0.15, 0.2) is 79.1 Å². The van der Waals surface area contributed by atoms with Crippen LogP contribution >= 0.6 is 0 Å². The van der Waals surface area contributed by atoms with E-state index in [1.807, 2.05) is 41.0 Å². The molecule has 0 saturated carbocycles. The Morgan fingerprint density at radius 1 is 0.889 bits per heavy atom. The Morgan fingerprint density at radius 3 is 2.37 bits per heavy atom. The second-order valence-electron chi connectivity index (χ2n) is 5.96. The second-order valence-corrected chi connectivity index (χ2v) is 5.96. The Bertz CT molecular complexity index is 1150. The van der Waals surface area contributed by atoms with Gasteiger partial charge >= 0.3 is 5.97 Å². The molecule has 4 aromatic rings. The van der Waals surface area contributed by atoms with Crippen molar-refractivity contribution >= 4 is 28.6 Å². The van der Waals surface area contributed by atoms with E-state index in [1.54, 1.807) is 30.6 Å². The number of amides is 1. The van der Waals surface area contributed by atoms with Crippen molar-refractivity contribution in [2.45, 2.75) is 0 Å². The van der Waals surface area contributed by atoms with Gasteiger partial charge in [0.25, 0.3) is 5.91 Å². The average molecular weight is 357 g/mol. The lowest BCUT2D eigenvalue weighted by molar-refractivity contribution is 0.0696. The lowest BCUT2D eigenvalue weighted by Gasteiger charge is -2.12. The number of hydrogen-bond acceptors (Lipinski definition) is 3. The molecule has 2 N–H and O–H groups in total. The van der Waals surface area contributed by atoms with Gasteiger partial charge in [-0.2, -0.15) is 0 Å². The van der Waals surface area contributed by atoms with Gasteiger partial charge in [-0.1, -0.05) is 24.3 Å². The summed E-state index contributed by atoms with van der Waals surface area (Å²) in [5.41, 5.74) is 3.64. The monoisotopic (exact) mass is 357 g/mol. The van der Waals surface area contributed by atoms with Gasteiger partial charge in [-0.3, -0.25) is 9.36 Å². The largest absolute Gasteiger partial charge is 0.478 e. The van der Waals surface area contributed by atoms with Crippen molar-refractivity contribution in [3.05, 3.63) is 90.3 Å². The van der Waals surface area contributed by atoms with Crippen LogP contribution in [0.5, 0.6) is 0 Å². The number of carboxylic acids is 1. The van der Waals surface area contributed by atoms with E-state index in [-0.39, 0.29) is 11.5 Å². The van der Waals surface area contributed by atoms with Crippen LogP contribution in [-0.2, 0) is 0 Å². The number of benzene rings is 3. The van der Waals surface area contributed by atoms with Crippen LogP contribution in [0, 0.1) is 0 Å². The first-order chi connectivity index (χ1) is 13.1.